The van der Waals surface area contributed by atoms with Crippen molar-refractivity contribution in [3.63, 3.8) is 0 Å². The number of amides is 2. The van der Waals surface area contributed by atoms with Crippen LogP contribution in [0.4, 0.5) is 5.69 Å². The molecular formula is C35H37Cl2N3O4S. The van der Waals surface area contributed by atoms with Crippen LogP contribution in [0.25, 0.3) is 0 Å². The molecule has 236 valence electrons. The van der Waals surface area contributed by atoms with E-state index in [0.29, 0.717) is 6.54 Å². The van der Waals surface area contributed by atoms with Crippen LogP contribution < -0.4 is 9.62 Å². The van der Waals surface area contributed by atoms with E-state index in [1.165, 1.54) is 29.2 Å². The predicted octanol–water partition coefficient (Wildman–Crippen LogP) is 7.05. The SMILES string of the molecule is CCCCNC(=O)[C@H](Cc1ccccc1)N(Cc1ccccc1)C(=O)CN(c1cc(Cl)ccc1Cl)S(=O)(=O)c1ccc(C)cc1. The van der Waals surface area contributed by atoms with Gasteiger partial charge in [0, 0.05) is 24.5 Å². The van der Waals surface area contributed by atoms with Gasteiger partial charge in [0.15, 0.2) is 0 Å². The fraction of sp³-hybridized carbons (Fsp3) is 0.257. The number of aryl methyl sites for hydroxylation is 1. The number of sulfonamides is 1. The molecule has 0 saturated heterocycles. The molecule has 0 radical (unpaired) electrons. The lowest BCUT2D eigenvalue weighted by Gasteiger charge is -2.34. The van der Waals surface area contributed by atoms with E-state index in [9.17, 15) is 18.0 Å². The molecule has 10 heteroatoms. The molecule has 7 nitrogen and oxygen atoms in total. The summed E-state index contributed by atoms with van der Waals surface area (Å²) in [4.78, 5) is 29.7. The highest BCUT2D eigenvalue weighted by molar-refractivity contribution is 7.92. The molecule has 0 fully saturated rings. The fourth-order valence-corrected chi connectivity index (χ4v) is 6.73. The first-order chi connectivity index (χ1) is 21.6. The molecular weight excluding hydrogens is 629 g/mol. The van der Waals surface area contributed by atoms with Crippen molar-refractivity contribution in [3.05, 3.63) is 130 Å². The van der Waals surface area contributed by atoms with E-state index in [1.54, 1.807) is 18.2 Å². The Hall–Kier alpha value is -3.85. The zero-order valence-electron chi connectivity index (χ0n) is 25.3. The smallest absolute Gasteiger partial charge is 0.264 e. The lowest BCUT2D eigenvalue weighted by Crippen LogP contribution is -2.53. The number of nitrogens with one attached hydrogen (secondary N) is 1. The number of carbonyl (C=O) groups is 2. The number of benzene rings is 4. The highest BCUT2D eigenvalue weighted by atomic mass is 35.5. The number of halogens is 2. The van der Waals surface area contributed by atoms with Gasteiger partial charge in [-0.3, -0.25) is 13.9 Å². The molecule has 0 aliphatic heterocycles. The Labute approximate surface area is 275 Å². The Morgan fingerprint density at radius 3 is 2.09 bits per heavy atom. The van der Waals surface area contributed by atoms with Crippen LogP contribution in [0.5, 0.6) is 0 Å². The van der Waals surface area contributed by atoms with Gasteiger partial charge in [-0.1, -0.05) is 115 Å². The third-order valence-electron chi connectivity index (χ3n) is 7.36. The van der Waals surface area contributed by atoms with Crippen LogP contribution in [0.3, 0.4) is 0 Å². The summed E-state index contributed by atoms with van der Waals surface area (Å²) in [5.74, 6) is -0.887. The van der Waals surface area contributed by atoms with Crippen LogP contribution >= 0.6 is 23.2 Å². The number of anilines is 1. The molecule has 1 atom stereocenters. The van der Waals surface area contributed by atoms with Crippen molar-refractivity contribution in [2.75, 3.05) is 17.4 Å². The second-order valence-electron chi connectivity index (χ2n) is 10.8. The summed E-state index contributed by atoms with van der Waals surface area (Å²) in [6, 6.07) is 28.6. The van der Waals surface area contributed by atoms with Crippen molar-refractivity contribution in [2.24, 2.45) is 0 Å². The van der Waals surface area contributed by atoms with E-state index < -0.39 is 28.5 Å². The largest absolute Gasteiger partial charge is 0.354 e. The van der Waals surface area contributed by atoms with Crippen molar-refractivity contribution < 1.29 is 18.0 Å². The van der Waals surface area contributed by atoms with E-state index in [4.69, 9.17) is 23.2 Å². The van der Waals surface area contributed by atoms with Gasteiger partial charge in [-0.15, -0.1) is 0 Å². The summed E-state index contributed by atoms with van der Waals surface area (Å²) in [7, 11) is -4.29. The lowest BCUT2D eigenvalue weighted by atomic mass is 10.0. The zero-order valence-corrected chi connectivity index (χ0v) is 27.7. The second kappa shape index (κ2) is 15.9. The highest BCUT2D eigenvalue weighted by Gasteiger charge is 2.35. The first kappa shape index (κ1) is 34.0. The van der Waals surface area contributed by atoms with Gasteiger partial charge in [0.1, 0.15) is 12.6 Å². The summed E-state index contributed by atoms with van der Waals surface area (Å²) in [5, 5.41) is 3.35. The Morgan fingerprint density at radius 2 is 1.47 bits per heavy atom. The molecule has 4 rings (SSSR count). The average Bonchev–Trinajstić information content (AvgIpc) is 3.04. The lowest BCUT2D eigenvalue weighted by molar-refractivity contribution is -0.140. The van der Waals surface area contributed by atoms with Crippen LogP contribution in [0, 0.1) is 6.92 Å². The monoisotopic (exact) mass is 665 g/mol. The van der Waals surface area contributed by atoms with Crippen LogP contribution in [0.15, 0.2) is 108 Å². The Morgan fingerprint density at radius 1 is 0.844 bits per heavy atom. The minimum Gasteiger partial charge on any atom is -0.354 e. The number of rotatable bonds is 14. The summed E-state index contributed by atoms with van der Waals surface area (Å²) < 4.78 is 29.3. The Kier molecular flexibility index (Phi) is 12.0. The van der Waals surface area contributed by atoms with E-state index in [0.717, 1.165) is 33.8 Å². The molecule has 0 unspecified atom stereocenters. The number of nitrogens with zero attached hydrogens (tertiary/aromatic N) is 2. The second-order valence-corrected chi connectivity index (χ2v) is 13.5. The first-order valence-electron chi connectivity index (χ1n) is 14.8. The van der Waals surface area contributed by atoms with Gasteiger partial charge in [-0.05, 0) is 54.8 Å². The topological polar surface area (TPSA) is 86.8 Å². The van der Waals surface area contributed by atoms with Gasteiger partial charge in [-0.2, -0.15) is 0 Å². The minimum absolute atomic E-state index is 0.00954. The van der Waals surface area contributed by atoms with Crippen molar-refractivity contribution >= 4 is 50.7 Å². The fourth-order valence-electron chi connectivity index (χ4n) is 4.87. The first-order valence-corrected chi connectivity index (χ1v) is 17.0. The van der Waals surface area contributed by atoms with Crippen molar-refractivity contribution in [1.82, 2.24) is 10.2 Å². The van der Waals surface area contributed by atoms with Crippen molar-refractivity contribution in [3.8, 4) is 0 Å². The Balaban J connectivity index is 1.80. The van der Waals surface area contributed by atoms with Crippen LogP contribution in [-0.4, -0.2) is 44.3 Å². The predicted molar refractivity (Wildman–Crippen MR) is 181 cm³/mol. The molecule has 1 N–H and O–H groups in total. The summed E-state index contributed by atoms with van der Waals surface area (Å²) in [5.41, 5.74) is 2.59. The van der Waals surface area contributed by atoms with Crippen molar-refractivity contribution in [2.45, 2.75) is 50.6 Å². The van der Waals surface area contributed by atoms with Gasteiger partial charge < -0.3 is 10.2 Å². The number of carbonyl (C=O) groups excluding carboxylic acids is 2. The van der Waals surface area contributed by atoms with Gasteiger partial charge in [0.05, 0.1) is 15.6 Å². The molecule has 0 bridgehead atoms. The van der Waals surface area contributed by atoms with E-state index >= 15 is 0 Å². The van der Waals surface area contributed by atoms with Gasteiger partial charge in [-0.25, -0.2) is 8.42 Å². The maximum atomic E-state index is 14.5. The van der Waals surface area contributed by atoms with Crippen LogP contribution in [0.1, 0.15) is 36.5 Å². The normalized spacial score (nSPS) is 11.9. The zero-order chi connectivity index (χ0) is 32.4. The van der Waals surface area contributed by atoms with E-state index in [-0.39, 0.29) is 39.5 Å². The van der Waals surface area contributed by atoms with E-state index in [1.807, 2.05) is 74.5 Å². The highest BCUT2D eigenvalue weighted by Crippen LogP contribution is 2.33. The van der Waals surface area contributed by atoms with Crippen molar-refractivity contribution in [1.29, 1.82) is 0 Å². The minimum atomic E-state index is -4.29. The number of hydrogen-bond donors (Lipinski definition) is 1. The standard InChI is InChI=1S/C35H37Cl2N3O4S/c1-3-4-21-38-35(42)33(22-27-11-7-5-8-12-27)39(24-28-13-9-6-10-14-28)34(41)25-40(32-23-29(36)17-20-31(32)37)45(43,44)30-18-15-26(2)16-19-30/h5-20,23,33H,3-4,21-22,24-25H2,1-2H3,(H,38,42)/t33-/m0/s1. The summed E-state index contributed by atoms with van der Waals surface area (Å²) >= 11 is 12.8. The van der Waals surface area contributed by atoms with Gasteiger partial charge in [0.2, 0.25) is 11.8 Å². The third kappa shape index (κ3) is 9.10. The van der Waals surface area contributed by atoms with Gasteiger partial charge >= 0.3 is 0 Å². The number of hydrogen-bond acceptors (Lipinski definition) is 4. The maximum absolute atomic E-state index is 14.5. The molecule has 45 heavy (non-hydrogen) atoms. The van der Waals surface area contributed by atoms with Crippen LogP contribution in [-0.2, 0) is 32.6 Å². The van der Waals surface area contributed by atoms with Gasteiger partial charge in [0.25, 0.3) is 10.0 Å². The van der Waals surface area contributed by atoms with Crippen LogP contribution in [0.2, 0.25) is 10.0 Å². The molecule has 2 amide bonds. The van der Waals surface area contributed by atoms with E-state index in [2.05, 4.69) is 5.32 Å². The Bertz CT molecular complexity index is 1690. The third-order valence-corrected chi connectivity index (χ3v) is 9.69. The quantitative estimate of drug-likeness (QED) is 0.146. The molecule has 0 saturated carbocycles. The molecule has 0 aliphatic rings. The molecule has 4 aromatic rings. The molecule has 0 aliphatic carbocycles. The molecule has 0 aromatic heterocycles. The summed E-state index contributed by atoms with van der Waals surface area (Å²) in [6.07, 6.45) is 1.91. The number of unbranched alkanes of at least 4 members (excludes halogenated alkanes) is 1. The summed E-state index contributed by atoms with van der Waals surface area (Å²) in [6.45, 7) is 3.81. The maximum Gasteiger partial charge on any atom is 0.264 e. The molecule has 4 aromatic carbocycles. The molecule has 0 spiro atoms. The molecule has 0 heterocycles. The average molecular weight is 667 g/mol.